The number of ether oxygens (including phenoxy) is 1. The highest BCUT2D eigenvalue weighted by Crippen LogP contribution is 2.37. The second-order valence-corrected chi connectivity index (χ2v) is 9.54. The number of rotatable bonds is 4. The summed E-state index contributed by atoms with van der Waals surface area (Å²) in [5.41, 5.74) is 0.243. The number of fused-ring (bicyclic) bond motifs is 3. The first-order chi connectivity index (χ1) is 14.0. The van der Waals surface area contributed by atoms with Gasteiger partial charge in [-0.25, -0.2) is 4.39 Å². The Morgan fingerprint density at radius 3 is 2.72 bits per heavy atom. The molecule has 0 aliphatic carbocycles. The Labute approximate surface area is 182 Å². The molecule has 3 aliphatic heterocycles. The van der Waals surface area contributed by atoms with Gasteiger partial charge in [-0.3, -0.25) is 0 Å². The SMILES string of the molecule is CN1CCC[C@H]1COc1nc(N2CC3CCC(C2)N3)c2cc(Cl)c(Br)c(F)c2n1. The Morgan fingerprint density at radius 1 is 1.28 bits per heavy atom. The maximum Gasteiger partial charge on any atom is 0.319 e. The number of likely N-dealkylation sites (N-methyl/N-ethyl adjacent to an activating group) is 1. The van der Waals surface area contributed by atoms with Crippen LogP contribution in [-0.2, 0) is 0 Å². The molecule has 4 heterocycles. The molecule has 5 rings (SSSR count). The van der Waals surface area contributed by atoms with Crippen molar-refractivity contribution in [2.75, 3.05) is 38.2 Å². The highest BCUT2D eigenvalue weighted by Gasteiger charge is 2.34. The number of likely N-dealkylation sites (tertiary alicyclic amines) is 1. The number of benzene rings is 1. The average Bonchev–Trinajstić information content (AvgIpc) is 3.28. The first kappa shape index (κ1) is 19.7. The van der Waals surface area contributed by atoms with Gasteiger partial charge in [0.2, 0.25) is 0 Å². The van der Waals surface area contributed by atoms with Crippen LogP contribution < -0.4 is 15.0 Å². The standard InChI is InChI=1S/C20H24BrClFN5O/c1-27-6-2-3-13(27)10-29-20-25-18-14(7-15(22)16(21)17(18)23)19(26-20)28-8-11-4-5-12(9-28)24-11/h7,11-13,24H,2-6,8-10H2,1H3/t11?,12?,13-/m0/s1. The molecular weight excluding hydrogens is 461 g/mol. The summed E-state index contributed by atoms with van der Waals surface area (Å²) in [6.07, 6.45) is 4.57. The minimum atomic E-state index is -0.475. The minimum Gasteiger partial charge on any atom is -0.462 e. The van der Waals surface area contributed by atoms with Gasteiger partial charge in [-0.2, -0.15) is 9.97 Å². The van der Waals surface area contributed by atoms with E-state index in [9.17, 15) is 0 Å². The molecule has 2 bridgehead atoms. The number of anilines is 1. The molecule has 156 valence electrons. The van der Waals surface area contributed by atoms with Crippen LogP contribution in [0.2, 0.25) is 5.02 Å². The summed E-state index contributed by atoms with van der Waals surface area (Å²) >= 11 is 9.50. The first-order valence-electron chi connectivity index (χ1n) is 10.2. The number of nitrogens with zero attached hydrogens (tertiary/aromatic N) is 4. The van der Waals surface area contributed by atoms with Crippen LogP contribution in [0.15, 0.2) is 10.5 Å². The van der Waals surface area contributed by atoms with Gasteiger partial charge in [0, 0.05) is 36.6 Å². The van der Waals surface area contributed by atoms with Crippen LogP contribution in [0.3, 0.4) is 0 Å². The van der Waals surface area contributed by atoms with Gasteiger partial charge >= 0.3 is 6.01 Å². The number of hydrogen-bond donors (Lipinski definition) is 1. The van der Waals surface area contributed by atoms with Gasteiger partial charge in [0.05, 0.1) is 9.50 Å². The molecule has 2 aromatic rings. The van der Waals surface area contributed by atoms with Crippen molar-refractivity contribution in [3.63, 3.8) is 0 Å². The van der Waals surface area contributed by atoms with Crippen molar-refractivity contribution in [1.29, 1.82) is 0 Å². The monoisotopic (exact) mass is 483 g/mol. The van der Waals surface area contributed by atoms with Gasteiger partial charge in [-0.1, -0.05) is 11.6 Å². The van der Waals surface area contributed by atoms with Crippen LogP contribution in [0.5, 0.6) is 6.01 Å². The molecule has 9 heteroatoms. The Balaban J connectivity index is 1.53. The summed E-state index contributed by atoms with van der Waals surface area (Å²) in [7, 11) is 2.10. The summed E-state index contributed by atoms with van der Waals surface area (Å²) in [4.78, 5) is 13.6. The van der Waals surface area contributed by atoms with Crippen molar-refractivity contribution in [2.45, 2.75) is 43.8 Å². The third-order valence-corrected chi connectivity index (χ3v) is 7.68. The lowest BCUT2D eigenvalue weighted by molar-refractivity contribution is 0.188. The minimum absolute atomic E-state index is 0.221. The second kappa shape index (κ2) is 7.80. The molecule has 6 nitrogen and oxygen atoms in total. The number of nitrogens with one attached hydrogen (secondary N) is 1. The highest BCUT2D eigenvalue weighted by molar-refractivity contribution is 9.10. The number of piperazine rings is 1. The fourth-order valence-electron chi connectivity index (χ4n) is 4.77. The largest absolute Gasteiger partial charge is 0.462 e. The van der Waals surface area contributed by atoms with Gasteiger partial charge in [0.25, 0.3) is 0 Å². The van der Waals surface area contributed by atoms with Gasteiger partial charge < -0.3 is 19.9 Å². The van der Waals surface area contributed by atoms with Gasteiger partial charge in [-0.15, -0.1) is 0 Å². The number of aromatic nitrogens is 2. The Bertz CT molecular complexity index is 935. The van der Waals surface area contributed by atoms with E-state index in [1.807, 2.05) is 0 Å². The molecule has 0 saturated carbocycles. The molecular formula is C20H24BrClFN5O. The smallest absolute Gasteiger partial charge is 0.319 e. The van der Waals surface area contributed by atoms with E-state index >= 15 is 4.39 Å². The van der Waals surface area contributed by atoms with E-state index in [4.69, 9.17) is 21.3 Å². The molecule has 29 heavy (non-hydrogen) atoms. The van der Waals surface area contributed by atoms with E-state index in [1.54, 1.807) is 6.07 Å². The second-order valence-electron chi connectivity index (χ2n) is 8.34. The van der Waals surface area contributed by atoms with Crippen molar-refractivity contribution in [3.05, 3.63) is 21.4 Å². The third kappa shape index (κ3) is 3.69. The quantitative estimate of drug-likeness (QED) is 0.669. The molecule has 3 atom stereocenters. The molecule has 3 aliphatic rings. The van der Waals surface area contributed by atoms with E-state index < -0.39 is 5.82 Å². The molecule has 3 fully saturated rings. The van der Waals surface area contributed by atoms with Crippen LogP contribution in [0, 0.1) is 5.82 Å². The summed E-state index contributed by atoms with van der Waals surface area (Å²) in [5, 5.41) is 4.57. The van der Waals surface area contributed by atoms with Gasteiger partial charge in [0.1, 0.15) is 17.9 Å². The lowest BCUT2D eigenvalue weighted by Crippen LogP contribution is -2.51. The highest BCUT2D eigenvalue weighted by atomic mass is 79.9. The first-order valence-corrected chi connectivity index (χ1v) is 11.4. The fourth-order valence-corrected chi connectivity index (χ4v) is 5.27. The molecule has 1 N–H and O–H groups in total. The Kier molecular flexibility index (Phi) is 5.30. The molecule has 3 saturated heterocycles. The van der Waals surface area contributed by atoms with Crippen LogP contribution >= 0.6 is 27.5 Å². The van der Waals surface area contributed by atoms with Crippen molar-refractivity contribution in [3.8, 4) is 6.01 Å². The maximum absolute atomic E-state index is 15.0. The molecule has 1 aromatic carbocycles. The fraction of sp³-hybridized carbons (Fsp3) is 0.600. The zero-order valence-corrected chi connectivity index (χ0v) is 18.6. The van der Waals surface area contributed by atoms with Crippen LogP contribution in [0.4, 0.5) is 10.2 Å². The molecule has 0 radical (unpaired) electrons. The zero-order chi connectivity index (χ0) is 20.1. The van der Waals surface area contributed by atoms with Crippen LogP contribution in [0.1, 0.15) is 25.7 Å². The van der Waals surface area contributed by atoms with Gasteiger partial charge in [0.15, 0.2) is 5.82 Å². The third-order valence-electron chi connectivity index (χ3n) is 6.38. The predicted octanol–water partition coefficient (Wildman–Crippen LogP) is 3.60. The molecule has 1 aromatic heterocycles. The average molecular weight is 485 g/mol. The predicted molar refractivity (Wildman–Crippen MR) is 116 cm³/mol. The summed E-state index contributed by atoms with van der Waals surface area (Å²) in [6.45, 7) is 3.25. The van der Waals surface area contributed by atoms with Crippen molar-refractivity contribution in [1.82, 2.24) is 20.2 Å². The molecule has 0 amide bonds. The normalized spacial score (nSPS) is 27.2. The zero-order valence-electron chi connectivity index (χ0n) is 16.3. The lowest BCUT2D eigenvalue weighted by atomic mass is 10.1. The van der Waals surface area contributed by atoms with E-state index in [-0.39, 0.29) is 16.0 Å². The molecule has 0 spiro atoms. The van der Waals surface area contributed by atoms with E-state index in [0.717, 1.165) is 45.3 Å². The van der Waals surface area contributed by atoms with E-state index in [2.05, 4.69) is 43.1 Å². The topological polar surface area (TPSA) is 53.5 Å². The Hall–Kier alpha value is -1.22. The van der Waals surface area contributed by atoms with Gasteiger partial charge in [-0.05, 0) is 61.3 Å². The van der Waals surface area contributed by atoms with Crippen LogP contribution in [0.25, 0.3) is 10.9 Å². The lowest BCUT2D eigenvalue weighted by Gasteiger charge is -2.34. The Morgan fingerprint density at radius 2 is 2.03 bits per heavy atom. The summed E-state index contributed by atoms with van der Waals surface area (Å²) in [6, 6.07) is 3.19. The summed E-state index contributed by atoms with van der Waals surface area (Å²) < 4.78 is 21.2. The van der Waals surface area contributed by atoms with E-state index in [1.165, 1.54) is 0 Å². The number of halogens is 3. The van der Waals surface area contributed by atoms with Crippen LogP contribution in [-0.4, -0.2) is 66.3 Å². The van der Waals surface area contributed by atoms with Crippen molar-refractivity contribution >= 4 is 44.3 Å². The van der Waals surface area contributed by atoms with E-state index in [0.29, 0.717) is 41.0 Å². The number of hydrogen-bond acceptors (Lipinski definition) is 6. The maximum atomic E-state index is 15.0. The van der Waals surface area contributed by atoms with Crippen molar-refractivity contribution < 1.29 is 9.13 Å². The molecule has 2 unspecified atom stereocenters. The summed E-state index contributed by atoms with van der Waals surface area (Å²) in [5.74, 6) is 0.230. The van der Waals surface area contributed by atoms with Crippen molar-refractivity contribution in [2.24, 2.45) is 0 Å².